The molecule has 0 saturated heterocycles. The van der Waals surface area contributed by atoms with E-state index in [1.165, 1.54) is 0 Å². The summed E-state index contributed by atoms with van der Waals surface area (Å²) in [5, 5.41) is 7.42. The van der Waals surface area contributed by atoms with Crippen molar-refractivity contribution in [3.05, 3.63) is 11.6 Å². The van der Waals surface area contributed by atoms with Crippen molar-refractivity contribution >= 4 is 30.7 Å². The van der Waals surface area contributed by atoms with Crippen LogP contribution in [0.5, 0.6) is 0 Å². The number of nitrogens with one attached hydrogen (secondary N) is 1. The van der Waals surface area contributed by atoms with Gasteiger partial charge in [-0.05, 0) is 19.8 Å². The van der Waals surface area contributed by atoms with E-state index in [2.05, 4.69) is 15.4 Å². The molecular formula is C12H23Cl2N5O. The molecule has 0 radical (unpaired) electrons. The summed E-state index contributed by atoms with van der Waals surface area (Å²) in [6.45, 7) is 4.76. The Bertz CT molecular complexity index is 435. The van der Waals surface area contributed by atoms with E-state index < -0.39 is 0 Å². The fourth-order valence-electron chi connectivity index (χ4n) is 2.23. The fraction of sp³-hybridized carbons (Fsp3) is 0.750. The first-order valence-corrected chi connectivity index (χ1v) is 6.58. The molecule has 3 N–H and O–H groups in total. The average molecular weight is 324 g/mol. The summed E-state index contributed by atoms with van der Waals surface area (Å²) in [6.07, 6.45) is 3.11. The minimum absolute atomic E-state index is 0. The van der Waals surface area contributed by atoms with E-state index in [0.717, 1.165) is 37.5 Å². The molecule has 20 heavy (non-hydrogen) atoms. The van der Waals surface area contributed by atoms with Crippen LogP contribution in [-0.4, -0.2) is 26.7 Å². The highest BCUT2D eigenvalue weighted by atomic mass is 35.5. The van der Waals surface area contributed by atoms with Gasteiger partial charge in [-0.15, -0.1) is 24.8 Å². The van der Waals surface area contributed by atoms with Crippen LogP contribution in [0.15, 0.2) is 0 Å². The Morgan fingerprint density at radius 1 is 1.55 bits per heavy atom. The van der Waals surface area contributed by atoms with Crippen LogP contribution in [0.2, 0.25) is 0 Å². The van der Waals surface area contributed by atoms with Gasteiger partial charge in [0.2, 0.25) is 5.91 Å². The van der Waals surface area contributed by atoms with Gasteiger partial charge < -0.3 is 11.1 Å². The van der Waals surface area contributed by atoms with Crippen molar-refractivity contribution in [2.24, 2.45) is 5.73 Å². The molecule has 0 spiro atoms. The largest absolute Gasteiger partial charge is 0.346 e. The van der Waals surface area contributed by atoms with Crippen LogP contribution < -0.4 is 11.1 Å². The third-order valence-electron chi connectivity index (χ3n) is 3.08. The van der Waals surface area contributed by atoms with Gasteiger partial charge in [-0.25, -0.2) is 9.67 Å². The van der Waals surface area contributed by atoms with Gasteiger partial charge in [0.1, 0.15) is 5.82 Å². The second-order valence-corrected chi connectivity index (χ2v) is 4.91. The summed E-state index contributed by atoms with van der Waals surface area (Å²) >= 11 is 0. The van der Waals surface area contributed by atoms with E-state index in [-0.39, 0.29) is 42.8 Å². The molecule has 1 aromatic heterocycles. The van der Waals surface area contributed by atoms with E-state index in [4.69, 9.17) is 5.73 Å². The van der Waals surface area contributed by atoms with Crippen molar-refractivity contribution in [3.63, 3.8) is 0 Å². The Morgan fingerprint density at radius 3 is 2.85 bits per heavy atom. The van der Waals surface area contributed by atoms with Gasteiger partial charge in [0.15, 0.2) is 5.82 Å². The van der Waals surface area contributed by atoms with E-state index in [1.54, 1.807) is 0 Å². The quantitative estimate of drug-likeness (QED) is 0.876. The highest BCUT2D eigenvalue weighted by Crippen LogP contribution is 2.23. The standard InChI is InChI=1S/C12H21N5O.2ClH/c1-3-10-15-12-9(5-4-6-17(12)16-10)14-11(18)7-8(2)13;;/h8-9H,3-7,13H2,1-2H3,(H,14,18);2*1H. The smallest absolute Gasteiger partial charge is 0.222 e. The van der Waals surface area contributed by atoms with Gasteiger partial charge in [-0.3, -0.25) is 4.79 Å². The lowest BCUT2D eigenvalue weighted by atomic mass is 10.1. The first kappa shape index (κ1) is 19.1. The molecule has 116 valence electrons. The van der Waals surface area contributed by atoms with Crippen LogP contribution in [0.4, 0.5) is 0 Å². The van der Waals surface area contributed by atoms with Crippen molar-refractivity contribution in [1.29, 1.82) is 0 Å². The van der Waals surface area contributed by atoms with E-state index >= 15 is 0 Å². The summed E-state index contributed by atoms with van der Waals surface area (Å²) < 4.78 is 1.92. The zero-order valence-electron chi connectivity index (χ0n) is 11.8. The molecule has 0 aliphatic carbocycles. The number of halogens is 2. The zero-order chi connectivity index (χ0) is 13.1. The van der Waals surface area contributed by atoms with Crippen LogP contribution >= 0.6 is 24.8 Å². The summed E-state index contributed by atoms with van der Waals surface area (Å²) in [5.41, 5.74) is 5.62. The molecule has 1 amide bonds. The lowest BCUT2D eigenvalue weighted by Crippen LogP contribution is -2.36. The Kier molecular flexibility index (Phi) is 8.08. The van der Waals surface area contributed by atoms with Gasteiger partial charge in [-0.2, -0.15) is 5.10 Å². The maximum absolute atomic E-state index is 11.8. The molecule has 0 fully saturated rings. The maximum atomic E-state index is 11.8. The molecule has 2 atom stereocenters. The topological polar surface area (TPSA) is 85.8 Å². The normalized spacial score (nSPS) is 18.2. The molecule has 1 aliphatic rings. The molecule has 0 saturated carbocycles. The summed E-state index contributed by atoms with van der Waals surface area (Å²) in [7, 11) is 0. The lowest BCUT2D eigenvalue weighted by Gasteiger charge is -2.23. The number of aromatic nitrogens is 3. The number of rotatable bonds is 4. The fourth-order valence-corrected chi connectivity index (χ4v) is 2.23. The van der Waals surface area contributed by atoms with Crippen molar-refractivity contribution in [2.75, 3.05) is 0 Å². The van der Waals surface area contributed by atoms with Gasteiger partial charge in [-0.1, -0.05) is 6.92 Å². The van der Waals surface area contributed by atoms with Crippen LogP contribution in [-0.2, 0) is 17.8 Å². The summed E-state index contributed by atoms with van der Waals surface area (Å²) in [6, 6.07) is -0.129. The lowest BCUT2D eigenvalue weighted by molar-refractivity contribution is -0.122. The molecule has 0 aromatic carbocycles. The minimum atomic E-state index is -0.113. The van der Waals surface area contributed by atoms with Crippen molar-refractivity contribution in [1.82, 2.24) is 20.1 Å². The Labute approximate surface area is 131 Å². The molecule has 8 heteroatoms. The molecule has 2 heterocycles. The third kappa shape index (κ3) is 4.61. The van der Waals surface area contributed by atoms with Gasteiger partial charge >= 0.3 is 0 Å². The molecule has 1 aliphatic heterocycles. The first-order chi connectivity index (χ1) is 8.60. The predicted octanol–water partition coefficient (Wildman–Crippen LogP) is 1.37. The van der Waals surface area contributed by atoms with Crippen molar-refractivity contribution in [3.8, 4) is 0 Å². The zero-order valence-corrected chi connectivity index (χ0v) is 13.5. The number of aryl methyl sites for hydroxylation is 2. The number of nitrogens with two attached hydrogens (primary N) is 1. The third-order valence-corrected chi connectivity index (χ3v) is 3.08. The molecule has 0 bridgehead atoms. The van der Waals surface area contributed by atoms with Crippen molar-refractivity contribution in [2.45, 2.75) is 58.2 Å². The van der Waals surface area contributed by atoms with Gasteiger partial charge in [0.05, 0.1) is 6.04 Å². The minimum Gasteiger partial charge on any atom is -0.346 e. The highest BCUT2D eigenvalue weighted by Gasteiger charge is 2.25. The number of hydrogen-bond donors (Lipinski definition) is 2. The number of carbonyl (C=O) groups is 1. The van der Waals surface area contributed by atoms with E-state index in [9.17, 15) is 4.79 Å². The molecule has 2 unspecified atom stereocenters. The SMILES string of the molecule is CCc1nc2n(n1)CCCC2NC(=O)CC(C)N.Cl.Cl. The summed E-state index contributed by atoms with van der Waals surface area (Å²) in [4.78, 5) is 16.2. The van der Waals surface area contributed by atoms with Crippen LogP contribution in [0, 0.1) is 0 Å². The molecule has 1 aromatic rings. The summed E-state index contributed by atoms with van der Waals surface area (Å²) in [5.74, 6) is 1.72. The second-order valence-electron chi connectivity index (χ2n) is 4.91. The predicted molar refractivity (Wildman–Crippen MR) is 82.3 cm³/mol. The van der Waals surface area contributed by atoms with Crippen LogP contribution in [0.3, 0.4) is 0 Å². The highest BCUT2D eigenvalue weighted by molar-refractivity contribution is 5.85. The van der Waals surface area contributed by atoms with Crippen molar-refractivity contribution < 1.29 is 4.79 Å². The maximum Gasteiger partial charge on any atom is 0.222 e. The van der Waals surface area contributed by atoms with Gasteiger partial charge in [0, 0.05) is 25.4 Å². The molecule has 2 rings (SSSR count). The van der Waals surface area contributed by atoms with Crippen LogP contribution in [0.25, 0.3) is 0 Å². The van der Waals surface area contributed by atoms with Crippen LogP contribution in [0.1, 0.15) is 50.8 Å². The first-order valence-electron chi connectivity index (χ1n) is 6.58. The number of hydrogen-bond acceptors (Lipinski definition) is 4. The number of fused-ring (bicyclic) bond motifs is 1. The Balaban J connectivity index is 0.00000180. The molecular weight excluding hydrogens is 301 g/mol. The molecule has 6 nitrogen and oxygen atoms in total. The van der Waals surface area contributed by atoms with E-state index in [1.807, 2.05) is 18.5 Å². The Hall–Kier alpha value is -0.850. The van der Waals surface area contributed by atoms with E-state index in [0.29, 0.717) is 6.42 Å². The second kappa shape index (κ2) is 8.44. The number of carbonyl (C=O) groups excluding carboxylic acids is 1. The number of nitrogens with zero attached hydrogens (tertiary/aromatic N) is 3. The monoisotopic (exact) mass is 323 g/mol. The van der Waals surface area contributed by atoms with Gasteiger partial charge in [0.25, 0.3) is 0 Å². The average Bonchev–Trinajstić information content (AvgIpc) is 2.72. The Morgan fingerprint density at radius 2 is 2.25 bits per heavy atom. The number of amides is 1.